The Labute approximate surface area is 69.3 Å². The number of aliphatic hydroxyl groups is 1. The minimum atomic E-state index is -0.581. The van der Waals surface area contributed by atoms with Crippen LogP contribution < -0.4 is 5.32 Å². The summed E-state index contributed by atoms with van der Waals surface area (Å²) in [7, 11) is 0. The van der Waals surface area contributed by atoms with Crippen LogP contribution in [0.3, 0.4) is 0 Å². The zero-order valence-electron chi connectivity index (χ0n) is 6.36. The Balaban J connectivity index is 2.29. The third kappa shape index (κ3) is 0.956. The number of nitrogens with one attached hydrogen (secondary N) is 1. The van der Waals surface area contributed by atoms with Crippen molar-refractivity contribution in [2.75, 3.05) is 0 Å². The molecule has 3 atom stereocenters. The summed E-state index contributed by atoms with van der Waals surface area (Å²) < 4.78 is 0. The molecule has 2 rings (SSSR count). The van der Waals surface area contributed by atoms with Crippen molar-refractivity contribution in [3.8, 4) is 0 Å². The molecule has 1 unspecified atom stereocenters. The highest BCUT2D eigenvalue weighted by molar-refractivity contribution is 6.06. The molecule has 4 nitrogen and oxygen atoms in total. The minimum absolute atomic E-state index is 0.242. The maximum Gasteiger partial charge on any atom is 0.234 e. The predicted octanol–water partition coefficient (Wildman–Crippen LogP) is -0.804. The van der Waals surface area contributed by atoms with E-state index in [1.165, 1.54) is 0 Å². The molecule has 0 spiro atoms. The van der Waals surface area contributed by atoms with Gasteiger partial charge in [0.25, 0.3) is 0 Å². The lowest BCUT2D eigenvalue weighted by Gasteiger charge is -2.19. The van der Waals surface area contributed by atoms with Gasteiger partial charge in [-0.3, -0.25) is 14.9 Å². The van der Waals surface area contributed by atoms with Crippen LogP contribution in [0.5, 0.6) is 0 Å². The summed E-state index contributed by atoms with van der Waals surface area (Å²) in [4.78, 5) is 22.1. The van der Waals surface area contributed by atoms with Gasteiger partial charge < -0.3 is 5.11 Å². The molecule has 0 radical (unpaired) electrons. The van der Waals surface area contributed by atoms with E-state index in [9.17, 15) is 14.7 Å². The molecule has 0 aromatic carbocycles. The predicted molar refractivity (Wildman–Crippen MR) is 39.9 cm³/mol. The van der Waals surface area contributed by atoms with Crippen LogP contribution in [0.15, 0.2) is 12.2 Å². The molecule has 2 N–H and O–H groups in total. The van der Waals surface area contributed by atoms with Crippen molar-refractivity contribution in [1.82, 2.24) is 5.32 Å². The quantitative estimate of drug-likeness (QED) is 0.366. The first kappa shape index (κ1) is 7.49. The van der Waals surface area contributed by atoms with Crippen molar-refractivity contribution in [1.29, 1.82) is 0 Å². The molecule has 1 aliphatic carbocycles. The molecular formula is C8H9NO3. The van der Waals surface area contributed by atoms with E-state index in [2.05, 4.69) is 5.32 Å². The van der Waals surface area contributed by atoms with Crippen LogP contribution >= 0.6 is 0 Å². The van der Waals surface area contributed by atoms with Crippen molar-refractivity contribution in [3.05, 3.63) is 12.2 Å². The van der Waals surface area contributed by atoms with E-state index in [1.807, 2.05) is 0 Å². The molecule has 0 saturated carbocycles. The molecule has 12 heavy (non-hydrogen) atoms. The van der Waals surface area contributed by atoms with Crippen LogP contribution in [0.25, 0.3) is 0 Å². The van der Waals surface area contributed by atoms with Crippen molar-refractivity contribution in [2.45, 2.75) is 12.5 Å². The summed E-state index contributed by atoms with van der Waals surface area (Å²) in [5, 5.41) is 11.4. The van der Waals surface area contributed by atoms with Gasteiger partial charge in [0.1, 0.15) is 0 Å². The lowest BCUT2D eigenvalue weighted by atomic mass is 9.85. The smallest absolute Gasteiger partial charge is 0.234 e. The summed E-state index contributed by atoms with van der Waals surface area (Å²) in [6.45, 7) is 0. The number of hydrogen-bond acceptors (Lipinski definition) is 3. The van der Waals surface area contributed by atoms with Gasteiger partial charge in [0.05, 0.1) is 17.9 Å². The van der Waals surface area contributed by atoms with E-state index in [1.54, 1.807) is 12.2 Å². The zero-order chi connectivity index (χ0) is 8.72. The first-order chi connectivity index (χ1) is 5.68. The van der Waals surface area contributed by atoms with Crippen molar-refractivity contribution < 1.29 is 14.7 Å². The van der Waals surface area contributed by atoms with Crippen molar-refractivity contribution in [2.24, 2.45) is 11.8 Å². The average molecular weight is 167 g/mol. The largest absolute Gasteiger partial charge is 0.389 e. The molecule has 2 aliphatic rings. The molecule has 2 amide bonds. The molecule has 0 aromatic heterocycles. The second kappa shape index (κ2) is 2.42. The number of rotatable bonds is 0. The van der Waals surface area contributed by atoms with E-state index in [0.717, 1.165) is 0 Å². The third-order valence-corrected chi connectivity index (χ3v) is 2.36. The van der Waals surface area contributed by atoms with Gasteiger partial charge in [-0.15, -0.1) is 0 Å². The highest BCUT2D eigenvalue weighted by atomic mass is 16.3. The van der Waals surface area contributed by atoms with E-state index in [4.69, 9.17) is 0 Å². The second-order valence-electron chi connectivity index (χ2n) is 3.17. The van der Waals surface area contributed by atoms with Crippen molar-refractivity contribution in [3.63, 3.8) is 0 Å². The fraction of sp³-hybridized carbons (Fsp3) is 0.500. The number of fused-ring (bicyclic) bond motifs is 1. The van der Waals surface area contributed by atoms with E-state index in [-0.39, 0.29) is 23.7 Å². The summed E-state index contributed by atoms with van der Waals surface area (Å²) in [6, 6.07) is 0. The van der Waals surface area contributed by atoms with Gasteiger partial charge in [-0.25, -0.2) is 0 Å². The van der Waals surface area contributed by atoms with Gasteiger partial charge in [-0.1, -0.05) is 12.2 Å². The Hall–Kier alpha value is -1.16. The highest BCUT2D eigenvalue weighted by Crippen LogP contribution is 2.29. The normalized spacial score (nSPS) is 39.6. The summed E-state index contributed by atoms with van der Waals surface area (Å²) >= 11 is 0. The number of hydrogen-bond donors (Lipinski definition) is 2. The maximum absolute atomic E-state index is 11.1. The van der Waals surface area contributed by atoms with Crippen LogP contribution in [0.2, 0.25) is 0 Å². The Kier molecular flexibility index (Phi) is 1.51. The Morgan fingerprint density at radius 3 is 2.83 bits per heavy atom. The van der Waals surface area contributed by atoms with E-state index >= 15 is 0 Å². The fourth-order valence-corrected chi connectivity index (χ4v) is 1.71. The molecule has 0 bridgehead atoms. The summed E-state index contributed by atoms with van der Waals surface area (Å²) in [5.41, 5.74) is 0. The Bertz CT molecular complexity index is 271. The van der Waals surface area contributed by atoms with Crippen LogP contribution in [-0.4, -0.2) is 23.0 Å². The molecule has 64 valence electrons. The SMILES string of the molecule is O=C1NC(=O)[C@@H]2CC(O)C=C[C@H]12. The first-order valence-corrected chi connectivity index (χ1v) is 3.89. The van der Waals surface area contributed by atoms with Crippen LogP contribution in [0.4, 0.5) is 0 Å². The van der Waals surface area contributed by atoms with Crippen LogP contribution in [-0.2, 0) is 9.59 Å². The molecule has 1 heterocycles. The molecule has 1 aliphatic heterocycles. The van der Waals surface area contributed by atoms with Crippen LogP contribution in [0, 0.1) is 11.8 Å². The molecule has 4 heteroatoms. The summed E-state index contributed by atoms with van der Waals surface area (Å²) in [6.07, 6.45) is 2.96. The van der Waals surface area contributed by atoms with E-state index < -0.39 is 6.10 Å². The fourth-order valence-electron chi connectivity index (χ4n) is 1.71. The number of carbonyl (C=O) groups excluding carboxylic acids is 2. The summed E-state index contributed by atoms with van der Waals surface area (Å²) in [5.74, 6) is -1.19. The van der Waals surface area contributed by atoms with Gasteiger partial charge in [0.15, 0.2) is 0 Å². The molecule has 0 aromatic rings. The number of carbonyl (C=O) groups is 2. The van der Waals surface area contributed by atoms with Crippen LogP contribution in [0.1, 0.15) is 6.42 Å². The maximum atomic E-state index is 11.1. The molecular weight excluding hydrogens is 158 g/mol. The minimum Gasteiger partial charge on any atom is -0.389 e. The molecule has 1 saturated heterocycles. The Morgan fingerprint density at radius 1 is 1.33 bits per heavy atom. The van der Waals surface area contributed by atoms with Gasteiger partial charge in [0, 0.05) is 0 Å². The standard InChI is InChI=1S/C8H9NO3/c10-4-1-2-5-6(3-4)8(12)9-7(5)11/h1-2,4-6,10H,3H2,(H,9,11,12)/t4?,5-,6+/m0/s1. The third-order valence-electron chi connectivity index (χ3n) is 2.36. The second-order valence-corrected chi connectivity index (χ2v) is 3.17. The van der Waals surface area contributed by atoms with Gasteiger partial charge in [0.2, 0.25) is 11.8 Å². The van der Waals surface area contributed by atoms with Gasteiger partial charge in [-0.05, 0) is 6.42 Å². The lowest BCUT2D eigenvalue weighted by Crippen LogP contribution is -2.25. The monoisotopic (exact) mass is 167 g/mol. The highest BCUT2D eigenvalue weighted by Gasteiger charge is 2.42. The van der Waals surface area contributed by atoms with Gasteiger partial charge in [-0.2, -0.15) is 0 Å². The number of imide groups is 1. The lowest BCUT2D eigenvalue weighted by molar-refractivity contribution is -0.126. The number of amides is 2. The first-order valence-electron chi connectivity index (χ1n) is 3.89. The Morgan fingerprint density at radius 2 is 2.08 bits per heavy atom. The van der Waals surface area contributed by atoms with E-state index in [0.29, 0.717) is 6.42 Å². The van der Waals surface area contributed by atoms with Gasteiger partial charge >= 0.3 is 0 Å². The average Bonchev–Trinajstić information content (AvgIpc) is 2.28. The van der Waals surface area contributed by atoms with Crippen molar-refractivity contribution >= 4 is 11.8 Å². The molecule has 1 fully saturated rings. The zero-order valence-corrected chi connectivity index (χ0v) is 6.36. The number of aliphatic hydroxyl groups excluding tert-OH is 1. The topological polar surface area (TPSA) is 66.4 Å².